The summed E-state index contributed by atoms with van der Waals surface area (Å²) in [6.45, 7) is 6.73. The number of amides is 3. The Morgan fingerprint density at radius 3 is 2.67 bits per heavy atom. The molecule has 0 unspecified atom stereocenters. The van der Waals surface area contributed by atoms with Crippen molar-refractivity contribution in [2.24, 2.45) is 23.7 Å². The van der Waals surface area contributed by atoms with Gasteiger partial charge in [0, 0.05) is 11.7 Å². The molecular formula is C34H39N3O6. The Hall–Kier alpha value is -3.85. The zero-order valence-electron chi connectivity index (χ0n) is 24.8. The summed E-state index contributed by atoms with van der Waals surface area (Å²) in [4.78, 5) is 44.0. The third-order valence-electron chi connectivity index (χ3n) is 10.2. The van der Waals surface area contributed by atoms with Crippen molar-refractivity contribution >= 4 is 23.4 Å². The second-order valence-electron chi connectivity index (χ2n) is 12.9. The van der Waals surface area contributed by atoms with Crippen LogP contribution in [0.25, 0.3) is 0 Å². The van der Waals surface area contributed by atoms with E-state index in [1.807, 2.05) is 67.6 Å². The molecule has 5 aliphatic rings. The van der Waals surface area contributed by atoms with Crippen LogP contribution in [0, 0.1) is 30.6 Å². The van der Waals surface area contributed by atoms with Crippen molar-refractivity contribution in [3.8, 4) is 11.5 Å². The van der Waals surface area contributed by atoms with E-state index in [0.717, 1.165) is 24.8 Å². The van der Waals surface area contributed by atoms with Crippen molar-refractivity contribution in [2.45, 2.75) is 69.9 Å². The van der Waals surface area contributed by atoms with Crippen LogP contribution in [0.4, 0.5) is 5.69 Å². The van der Waals surface area contributed by atoms with Crippen LogP contribution in [0.5, 0.6) is 11.5 Å². The molecule has 1 saturated carbocycles. The van der Waals surface area contributed by atoms with Gasteiger partial charge >= 0.3 is 0 Å². The number of carbonyl (C=O) groups excluding carboxylic acids is 3. The fraction of sp³-hybridized carbons (Fsp3) is 0.500. The molecule has 2 saturated heterocycles. The first kappa shape index (κ1) is 28.0. The number of aryl methyl sites for hydroxylation is 1. The Kier molecular flexibility index (Phi) is 6.95. The second kappa shape index (κ2) is 10.7. The Labute approximate surface area is 251 Å². The number of fused-ring (bicyclic) bond motifs is 2. The molecular weight excluding hydrogens is 546 g/mol. The van der Waals surface area contributed by atoms with E-state index in [1.54, 1.807) is 4.90 Å². The summed E-state index contributed by atoms with van der Waals surface area (Å²) in [5.41, 5.74) is 0.437. The van der Waals surface area contributed by atoms with Gasteiger partial charge in [0.05, 0.1) is 24.5 Å². The third kappa shape index (κ3) is 4.69. The van der Waals surface area contributed by atoms with Gasteiger partial charge in [-0.05, 0) is 55.0 Å². The van der Waals surface area contributed by atoms with Crippen molar-refractivity contribution in [2.75, 3.05) is 18.5 Å². The lowest BCUT2D eigenvalue weighted by Crippen LogP contribution is -2.59. The van der Waals surface area contributed by atoms with Gasteiger partial charge in [-0.2, -0.15) is 0 Å². The molecule has 9 heteroatoms. The molecule has 3 amide bonds. The zero-order valence-corrected chi connectivity index (χ0v) is 24.8. The first-order valence-corrected chi connectivity index (χ1v) is 15.5. The summed E-state index contributed by atoms with van der Waals surface area (Å²) >= 11 is 0. The van der Waals surface area contributed by atoms with Crippen LogP contribution < -0.4 is 20.1 Å². The Bertz CT molecular complexity index is 1480. The fourth-order valence-corrected chi connectivity index (χ4v) is 7.83. The van der Waals surface area contributed by atoms with Crippen LogP contribution in [0.1, 0.15) is 38.7 Å². The van der Waals surface area contributed by atoms with Crippen LogP contribution in [-0.2, 0) is 19.1 Å². The largest absolute Gasteiger partial charge is 0.486 e. The summed E-state index contributed by atoms with van der Waals surface area (Å²) in [6, 6.07) is 14.0. The Morgan fingerprint density at radius 2 is 1.86 bits per heavy atom. The lowest BCUT2D eigenvalue weighted by Gasteiger charge is -2.38. The summed E-state index contributed by atoms with van der Waals surface area (Å²) in [5, 5.41) is 6.30. The predicted octanol–water partition coefficient (Wildman–Crippen LogP) is 3.87. The molecule has 7 rings (SSSR count). The number of hydrogen-bond donors (Lipinski definition) is 2. The molecule has 9 atom stereocenters. The molecule has 9 nitrogen and oxygen atoms in total. The number of nitrogens with zero attached hydrogens (tertiary/aromatic N) is 1. The lowest BCUT2D eigenvalue weighted by molar-refractivity contribution is -0.143. The van der Waals surface area contributed by atoms with Crippen molar-refractivity contribution in [1.82, 2.24) is 10.2 Å². The number of rotatable bonds is 6. The van der Waals surface area contributed by atoms with Gasteiger partial charge in [-0.25, -0.2) is 0 Å². The van der Waals surface area contributed by atoms with E-state index in [2.05, 4.69) is 24.5 Å². The van der Waals surface area contributed by atoms with Gasteiger partial charge in [-0.15, -0.1) is 0 Å². The smallest absolute Gasteiger partial charge is 0.246 e. The van der Waals surface area contributed by atoms with E-state index in [1.165, 1.54) is 0 Å². The molecule has 1 aliphatic carbocycles. The average Bonchev–Trinajstić information content (AvgIpc) is 3.63. The van der Waals surface area contributed by atoms with Crippen molar-refractivity contribution in [3.05, 3.63) is 66.2 Å². The van der Waals surface area contributed by atoms with Gasteiger partial charge in [0.15, 0.2) is 17.6 Å². The highest BCUT2D eigenvalue weighted by atomic mass is 16.6. The molecule has 1 spiro atoms. The lowest BCUT2D eigenvalue weighted by atomic mass is 9.73. The van der Waals surface area contributed by atoms with Crippen molar-refractivity contribution in [3.63, 3.8) is 0 Å². The maximum absolute atomic E-state index is 14.4. The topological polar surface area (TPSA) is 106 Å². The minimum absolute atomic E-state index is 0.00721. The van der Waals surface area contributed by atoms with Crippen molar-refractivity contribution < 1.29 is 28.6 Å². The molecule has 43 heavy (non-hydrogen) atoms. The number of anilines is 1. The minimum atomic E-state index is -1.24. The molecule has 0 radical (unpaired) electrons. The molecule has 4 heterocycles. The fourth-order valence-electron chi connectivity index (χ4n) is 7.83. The van der Waals surface area contributed by atoms with E-state index >= 15 is 0 Å². The first-order chi connectivity index (χ1) is 20.7. The summed E-state index contributed by atoms with van der Waals surface area (Å²) in [7, 11) is 0. The summed E-state index contributed by atoms with van der Waals surface area (Å²) in [5.74, 6) is -0.356. The first-order valence-electron chi connectivity index (χ1n) is 15.5. The van der Waals surface area contributed by atoms with Crippen LogP contribution in [0.3, 0.4) is 0 Å². The Balaban J connectivity index is 1.19. The monoisotopic (exact) mass is 585 g/mol. The standard InChI is InChI=1S/C34H39N3O6/c1-19-8-6-10-22(16-19)35-31(38)28-27-14-15-34(43-27)29(28)33(40)37(17-23-18-41-25-12-4-5-13-26(25)42-23)30(34)32(39)36-24-11-7-9-20(2)21(24)3/h4-6,8,10,12-16,20-21,23-24,27-30H,7,9,11,17-18H2,1-3H3,(H,35,38)(H,36,39)/t20-,21-,23-,24-,27-,28+,29-,30-,34-/m1/s1. The van der Waals surface area contributed by atoms with Crippen LogP contribution >= 0.6 is 0 Å². The number of para-hydroxylation sites is 2. The molecule has 226 valence electrons. The highest BCUT2D eigenvalue weighted by Gasteiger charge is 2.73. The third-order valence-corrected chi connectivity index (χ3v) is 10.2. The number of nitrogens with one attached hydrogen (secondary N) is 2. The summed E-state index contributed by atoms with van der Waals surface area (Å²) in [6.07, 6.45) is 5.69. The van der Waals surface area contributed by atoms with Crippen molar-refractivity contribution in [1.29, 1.82) is 0 Å². The number of hydrogen-bond acceptors (Lipinski definition) is 6. The number of ether oxygens (including phenoxy) is 3. The summed E-state index contributed by atoms with van der Waals surface area (Å²) < 4.78 is 18.7. The average molecular weight is 586 g/mol. The molecule has 3 fully saturated rings. The van der Waals surface area contributed by atoms with Crippen LogP contribution in [0.15, 0.2) is 60.7 Å². The maximum atomic E-state index is 14.4. The molecule has 0 aromatic heterocycles. The van der Waals surface area contributed by atoms with Gasteiger partial charge in [-0.3, -0.25) is 14.4 Å². The van der Waals surface area contributed by atoms with E-state index < -0.39 is 35.7 Å². The molecule has 2 aromatic rings. The Morgan fingerprint density at radius 1 is 1.05 bits per heavy atom. The predicted molar refractivity (Wildman–Crippen MR) is 159 cm³/mol. The van der Waals surface area contributed by atoms with Crippen LogP contribution in [-0.4, -0.2) is 65.7 Å². The zero-order chi connectivity index (χ0) is 29.9. The van der Waals surface area contributed by atoms with E-state index in [0.29, 0.717) is 29.0 Å². The quantitative estimate of drug-likeness (QED) is 0.499. The SMILES string of the molecule is Cc1cccc(NC(=O)[C@H]2[C@H]3C=C[C@@]4(O3)[C@H]2C(=O)N(C[C@@H]2COc3ccccc3O2)[C@@H]4C(=O)N[C@@H]2CCC[C@@H](C)[C@H]2C)c1. The van der Waals surface area contributed by atoms with E-state index in [-0.39, 0.29) is 36.9 Å². The van der Waals surface area contributed by atoms with Gasteiger partial charge in [0.1, 0.15) is 18.2 Å². The highest BCUT2D eigenvalue weighted by molar-refractivity contribution is 6.02. The van der Waals surface area contributed by atoms with Gasteiger partial charge in [0.25, 0.3) is 0 Å². The number of likely N-dealkylation sites (tertiary alicyclic amines) is 1. The van der Waals surface area contributed by atoms with Gasteiger partial charge in [0.2, 0.25) is 17.7 Å². The maximum Gasteiger partial charge on any atom is 0.246 e. The van der Waals surface area contributed by atoms with E-state index in [4.69, 9.17) is 14.2 Å². The normalized spacial score (nSPS) is 35.5. The minimum Gasteiger partial charge on any atom is -0.486 e. The molecule has 2 aromatic carbocycles. The van der Waals surface area contributed by atoms with Gasteiger partial charge < -0.3 is 29.7 Å². The number of carbonyl (C=O) groups is 3. The van der Waals surface area contributed by atoms with Crippen LogP contribution in [0.2, 0.25) is 0 Å². The number of benzene rings is 2. The molecule has 2 N–H and O–H groups in total. The van der Waals surface area contributed by atoms with Gasteiger partial charge in [-0.1, -0.05) is 63.1 Å². The van der Waals surface area contributed by atoms with E-state index in [9.17, 15) is 14.4 Å². The molecule has 2 bridgehead atoms. The highest BCUT2D eigenvalue weighted by Crippen LogP contribution is 2.55. The second-order valence-corrected chi connectivity index (χ2v) is 12.9. The molecule has 4 aliphatic heterocycles.